The van der Waals surface area contributed by atoms with Gasteiger partial charge in [0.2, 0.25) is 11.7 Å². The highest BCUT2D eigenvalue weighted by atomic mass is 16.5. The van der Waals surface area contributed by atoms with Crippen LogP contribution < -0.4 is 0 Å². The molecule has 0 bridgehead atoms. The van der Waals surface area contributed by atoms with Gasteiger partial charge in [-0.25, -0.2) is 4.98 Å². The molecule has 1 atom stereocenters. The first-order valence-electron chi connectivity index (χ1n) is 8.43. The van der Waals surface area contributed by atoms with Crippen molar-refractivity contribution in [2.24, 2.45) is 13.0 Å². The van der Waals surface area contributed by atoms with E-state index >= 15 is 0 Å². The summed E-state index contributed by atoms with van der Waals surface area (Å²) < 4.78 is 6.88. The molecule has 0 spiro atoms. The van der Waals surface area contributed by atoms with Gasteiger partial charge in [-0.15, -0.1) is 5.10 Å². The van der Waals surface area contributed by atoms with Crippen LogP contribution in [0.1, 0.15) is 29.2 Å². The highest BCUT2D eigenvalue weighted by Gasteiger charge is 2.27. The molecule has 10 heteroatoms. The molecule has 134 valence electrons. The summed E-state index contributed by atoms with van der Waals surface area (Å²) in [6, 6.07) is 0. The van der Waals surface area contributed by atoms with E-state index < -0.39 is 0 Å². The van der Waals surface area contributed by atoms with Gasteiger partial charge in [-0.3, -0.25) is 14.5 Å². The fraction of sp³-hybridized carbons (Fsp3) is 0.438. The summed E-state index contributed by atoms with van der Waals surface area (Å²) in [7, 11) is 1.74. The molecule has 0 aliphatic carbocycles. The van der Waals surface area contributed by atoms with E-state index in [1.807, 2.05) is 4.90 Å². The fourth-order valence-corrected chi connectivity index (χ4v) is 3.13. The lowest BCUT2D eigenvalue weighted by atomic mass is 9.94. The highest BCUT2D eigenvalue weighted by molar-refractivity contribution is 5.92. The number of likely N-dealkylation sites (tertiary alicyclic amines) is 1. The minimum Gasteiger partial charge on any atom is -0.339 e. The van der Waals surface area contributed by atoms with Gasteiger partial charge in [-0.05, 0) is 18.8 Å². The average Bonchev–Trinajstić information content (AvgIpc) is 3.31. The van der Waals surface area contributed by atoms with E-state index in [1.165, 1.54) is 4.68 Å². The Labute approximate surface area is 149 Å². The molecular weight excluding hydrogens is 336 g/mol. The van der Waals surface area contributed by atoms with Crippen LogP contribution in [0.25, 0.3) is 11.5 Å². The standard InChI is InChI=1S/C16H18N8O2/c1-23-10-13(20-22-23)16(25)24-6-2-3-11(9-24)7-14-19-15(21-26-14)12-8-17-4-5-18-12/h4-5,8,10-11H,2-3,6-7,9H2,1H3/t11-/m0/s1. The summed E-state index contributed by atoms with van der Waals surface area (Å²) in [6.07, 6.45) is 8.97. The molecule has 3 aromatic heterocycles. The van der Waals surface area contributed by atoms with Crippen molar-refractivity contribution in [1.29, 1.82) is 0 Å². The normalized spacial score (nSPS) is 17.4. The molecule has 26 heavy (non-hydrogen) atoms. The first-order chi connectivity index (χ1) is 12.7. The SMILES string of the molecule is Cn1cc(C(=O)N2CCC[C@@H](Cc3nc(-c4cnccn4)no3)C2)nn1. The van der Waals surface area contributed by atoms with Crippen LogP contribution in [0.15, 0.2) is 29.3 Å². The molecule has 0 radical (unpaired) electrons. The molecule has 1 amide bonds. The fourth-order valence-electron chi connectivity index (χ4n) is 3.13. The maximum Gasteiger partial charge on any atom is 0.276 e. The van der Waals surface area contributed by atoms with Crippen LogP contribution in [0, 0.1) is 5.92 Å². The second-order valence-electron chi connectivity index (χ2n) is 6.34. The monoisotopic (exact) mass is 354 g/mol. The molecule has 0 N–H and O–H groups in total. The summed E-state index contributed by atoms with van der Waals surface area (Å²) in [5, 5.41) is 11.7. The maximum absolute atomic E-state index is 12.5. The van der Waals surface area contributed by atoms with Gasteiger partial charge in [-0.1, -0.05) is 10.4 Å². The topological polar surface area (TPSA) is 116 Å². The minimum atomic E-state index is -0.0893. The van der Waals surface area contributed by atoms with Crippen molar-refractivity contribution in [2.45, 2.75) is 19.3 Å². The highest BCUT2D eigenvalue weighted by Crippen LogP contribution is 2.22. The number of hydrogen-bond acceptors (Lipinski definition) is 8. The summed E-state index contributed by atoms with van der Waals surface area (Å²) in [5.74, 6) is 1.15. The van der Waals surface area contributed by atoms with E-state index in [2.05, 4.69) is 30.4 Å². The number of aryl methyl sites for hydroxylation is 1. The molecular formula is C16H18N8O2. The number of nitrogens with zero attached hydrogens (tertiary/aromatic N) is 8. The smallest absolute Gasteiger partial charge is 0.276 e. The number of rotatable bonds is 4. The number of carbonyl (C=O) groups excluding carboxylic acids is 1. The Kier molecular flexibility index (Phi) is 4.38. The Hall–Kier alpha value is -3.17. The van der Waals surface area contributed by atoms with Crippen molar-refractivity contribution in [3.63, 3.8) is 0 Å². The molecule has 4 heterocycles. The van der Waals surface area contributed by atoms with Crippen molar-refractivity contribution < 1.29 is 9.32 Å². The molecule has 10 nitrogen and oxygen atoms in total. The van der Waals surface area contributed by atoms with E-state index in [-0.39, 0.29) is 11.8 Å². The summed E-state index contributed by atoms with van der Waals surface area (Å²) in [6.45, 7) is 1.36. The summed E-state index contributed by atoms with van der Waals surface area (Å²) in [4.78, 5) is 26.9. The lowest BCUT2D eigenvalue weighted by molar-refractivity contribution is 0.0662. The molecule has 0 saturated carbocycles. The number of piperidine rings is 1. The third-order valence-corrected chi connectivity index (χ3v) is 4.35. The van der Waals surface area contributed by atoms with Crippen molar-refractivity contribution in [1.82, 2.24) is 40.0 Å². The maximum atomic E-state index is 12.5. The van der Waals surface area contributed by atoms with E-state index in [1.54, 1.807) is 31.8 Å². The van der Waals surface area contributed by atoms with Gasteiger partial charge >= 0.3 is 0 Å². The molecule has 0 aromatic carbocycles. The third-order valence-electron chi connectivity index (χ3n) is 4.35. The van der Waals surface area contributed by atoms with E-state index in [0.717, 1.165) is 19.4 Å². The second-order valence-corrected chi connectivity index (χ2v) is 6.34. The Morgan fingerprint density at radius 1 is 1.38 bits per heavy atom. The Morgan fingerprint density at radius 3 is 3.08 bits per heavy atom. The lowest BCUT2D eigenvalue weighted by Gasteiger charge is -2.31. The summed E-state index contributed by atoms with van der Waals surface area (Å²) >= 11 is 0. The van der Waals surface area contributed by atoms with Crippen LogP contribution in [0.3, 0.4) is 0 Å². The van der Waals surface area contributed by atoms with Crippen LogP contribution in [0.5, 0.6) is 0 Å². The third kappa shape index (κ3) is 3.44. The van der Waals surface area contributed by atoms with Gasteiger partial charge in [0.05, 0.1) is 12.4 Å². The number of hydrogen-bond donors (Lipinski definition) is 0. The quantitative estimate of drug-likeness (QED) is 0.674. The molecule has 1 aliphatic heterocycles. The Morgan fingerprint density at radius 2 is 2.31 bits per heavy atom. The van der Waals surface area contributed by atoms with E-state index in [0.29, 0.717) is 36.1 Å². The molecule has 4 rings (SSSR count). The van der Waals surface area contributed by atoms with Gasteiger partial charge in [0.25, 0.3) is 5.91 Å². The average molecular weight is 354 g/mol. The van der Waals surface area contributed by atoms with Gasteiger partial charge in [0.1, 0.15) is 5.69 Å². The number of carbonyl (C=O) groups is 1. The number of aromatic nitrogens is 7. The van der Waals surface area contributed by atoms with Crippen molar-refractivity contribution in [3.8, 4) is 11.5 Å². The Balaban J connectivity index is 1.41. The van der Waals surface area contributed by atoms with Gasteiger partial charge in [-0.2, -0.15) is 4.98 Å². The zero-order chi connectivity index (χ0) is 17.9. The zero-order valence-corrected chi connectivity index (χ0v) is 14.3. The second kappa shape index (κ2) is 6.98. The predicted molar refractivity (Wildman–Crippen MR) is 88.7 cm³/mol. The largest absolute Gasteiger partial charge is 0.339 e. The molecule has 1 saturated heterocycles. The van der Waals surface area contributed by atoms with Crippen LogP contribution >= 0.6 is 0 Å². The molecule has 3 aromatic rings. The number of amides is 1. The van der Waals surface area contributed by atoms with Crippen LogP contribution in [-0.2, 0) is 13.5 Å². The minimum absolute atomic E-state index is 0.0893. The lowest BCUT2D eigenvalue weighted by Crippen LogP contribution is -2.40. The Bertz CT molecular complexity index is 891. The van der Waals surface area contributed by atoms with Crippen molar-refractivity contribution >= 4 is 5.91 Å². The van der Waals surface area contributed by atoms with Gasteiger partial charge in [0, 0.05) is 39.0 Å². The molecule has 1 fully saturated rings. The van der Waals surface area contributed by atoms with Crippen molar-refractivity contribution in [2.75, 3.05) is 13.1 Å². The first kappa shape index (κ1) is 16.3. The van der Waals surface area contributed by atoms with Gasteiger partial charge in [0.15, 0.2) is 5.69 Å². The van der Waals surface area contributed by atoms with Crippen LogP contribution in [-0.4, -0.2) is 59.0 Å². The van der Waals surface area contributed by atoms with Crippen molar-refractivity contribution in [3.05, 3.63) is 36.4 Å². The predicted octanol–water partition coefficient (Wildman–Crippen LogP) is 0.750. The van der Waals surface area contributed by atoms with Crippen LogP contribution in [0.4, 0.5) is 0 Å². The molecule has 0 unspecified atom stereocenters. The zero-order valence-electron chi connectivity index (χ0n) is 14.3. The summed E-state index contributed by atoms with van der Waals surface area (Å²) in [5.41, 5.74) is 0.946. The van der Waals surface area contributed by atoms with Crippen LogP contribution in [0.2, 0.25) is 0 Å². The molecule has 1 aliphatic rings. The first-order valence-corrected chi connectivity index (χ1v) is 8.43. The van der Waals surface area contributed by atoms with E-state index in [4.69, 9.17) is 4.52 Å². The van der Waals surface area contributed by atoms with E-state index in [9.17, 15) is 4.79 Å². The van der Waals surface area contributed by atoms with Gasteiger partial charge < -0.3 is 9.42 Å².